The molecule has 196 valence electrons. The highest BCUT2D eigenvalue weighted by Crippen LogP contribution is 2.39. The van der Waals surface area contributed by atoms with E-state index in [1.165, 1.54) is 10.7 Å². The maximum Gasteiger partial charge on any atom is 0.337 e. The van der Waals surface area contributed by atoms with E-state index < -0.39 is 19.2 Å². The van der Waals surface area contributed by atoms with Crippen LogP contribution in [0.3, 0.4) is 0 Å². The van der Waals surface area contributed by atoms with Gasteiger partial charge in [0.2, 0.25) is 5.16 Å². The van der Waals surface area contributed by atoms with Crippen molar-refractivity contribution in [2.75, 3.05) is 0 Å². The summed E-state index contributed by atoms with van der Waals surface area (Å²) < 4.78 is 8.29. The Bertz CT molecular complexity index is 1420. The monoisotopic (exact) mass is 549 g/mol. The first-order valence-electron chi connectivity index (χ1n) is 11.7. The van der Waals surface area contributed by atoms with Gasteiger partial charge in [0.25, 0.3) is 14.0 Å². The number of nitrogens with zero attached hydrogens (tertiary/aromatic N) is 5. The normalized spacial score (nSPS) is 11.9. The molecule has 0 unspecified atom stereocenters. The molecule has 3 aromatic carbocycles. The number of aryl methyl sites for hydroxylation is 1. The molecule has 0 spiro atoms. The predicted molar refractivity (Wildman–Crippen MR) is 145 cm³/mol. The number of carboxylic acids is 1. The van der Waals surface area contributed by atoms with Crippen molar-refractivity contribution in [3.63, 3.8) is 0 Å². The van der Waals surface area contributed by atoms with Crippen LogP contribution in [0, 0.1) is 10.1 Å². The van der Waals surface area contributed by atoms with E-state index in [2.05, 4.69) is 36.3 Å². The molecule has 0 bridgehead atoms. The van der Waals surface area contributed by atoms with Crippen molar-refractivity contribution in [2.45, 2.75) is 42.5 Å². The molecule has 0 aliphatic heterocycles. The molecular weight excluding hydrogens is 522 g/mol. The fraction of sp³-hybridized carbons (Fsp3) is 0.231. The number of hydrogen-bond acceptors (Lipinski definition) is 8. The van der Waals surface area contributed by atoms with Gasteiger partial charge in [0.15, 0.2) is 0 Å². The molecule has 12 heteroatoms. The molecule has 0 aliphatic carbocycles. The zero-order valence-electron chi connectivity index (χ0n) is 21.4. The molecule has 1 aromatic heterocycles. The molecule has 0 radical (unpaired) electrons. The van der Waals surface area contributed by atoms with Crippen LogP contribution in [0.4, 0.5) is 5.69 Å². The summed E-state index contributed by atoms with van der Waals surface area (Å²) in [6.45, 7) is 6.25. The van der Waals surface area contributed by atoms with Gasteiger partial charge in [-0.25, -0.2) is 9.48 Å². The Balaban J connectivity index is 1.86. The number of rotatable bonds is 9. The van der Waals surface area contributed by atoms with Crippen molar-refractivity contribution in [3.8, 4) is 0 Å². The summed E-state index contributed by atoms with van der Waals surface area (Å²) in [5, 5.41) is 35.2. The molecule has 0 aliphatic rings. The summed E-state index contributed by atoms with van der Waals surface area (Å²) in [6.07, 6.45) is 0. The number of benzene rings is 3. The first kappa shape index (κ1) is 27.2. The molecule has 38 heavy (non-hydrogen) atoms. The Kier molecular flexibility index (Phi) is 7.76. The van der Waals surface area contributed by atoms with Crippen LogP contribution in [-0.4, -0.2) is 44.5 Å². The van der Waals surface area contributed by atoms with Crippen LogP contribution in [-0.2, 0) is 18.1 Å². The van der Waals surface area contributed by atoms with Crippen LogP contribution in [0.5, 0.6) is 0 Å². The summed E-state index contributed by atoms with van der Waals surface area (Å²) in [7, 11) is -1.37. The third kappa shape index (κ3) is 5.23. The predicted octanol–water partition coefficient (Wildman–Crippen LogP) is 4.04. The molecule has 4 aromatic rings. The van der Waals surface area contributed by atoms with E-state index in [4.69, 9.17) is 4.43 Å². The van der Waals surface area contributed by atoms with Crippen LogP contribution in [0.2, 0.25) is 5.04 Å². The minimum absolute atomic E-state index is 0.0892. The summed E-state index contributed by atoms with van der Waals surface area (Å²) >= 11 is 1.02. The second-order valence-corrected chi connectivity index (χ2v) is 15.0. The highest BCUT2D eigenvalue weighted by atomic mass is 32.2. The number of nitro benzene ring substituents is 1. The van der Waals surface area contributed by atoms with Gasteiger partial charge in [0.1, 0.15) is 0 Å². The molecule has 0 atom stereocenters. The molecule has 4 rings (SSSR count). The quantitative estimate of drug-likeness (QED) is 0.186. The molecule has 0 fully saturated rings. The molecular formula is C26H27N5O5SSi. The zero-order chi connectivity index (χ0) is 27.5. The molecule has 0 saturated carbocycles. The average Bonchev–Trinajstić information content (AvgIpc) is 3.28. The number of carboxylic acid groups (broad SMARTS) is 1. The minimum atomic E-state index is -3.00. The molecule has 0 amide bonds. The average molecular weight is 550 g/mol. The van der Waals surface area contributed by atoms with Crippen LogP contribution >= 0.6 is 11.8 Å². The van der Waals surface area contributed by atoms with Crippen LogP contribution in [0.15, 0.2) is 82.8 Å². The van der Waals surface area contributed by atoms with Crippen molar-refractivity contribution < 1.29 is 19.3 Å². The summed E-state index contributed by atoms with van der Waals surface area (Å²) in [4.78, 5) is 23.8. The topological polar surface area (TPSA) is 133 Å². The highest BCUT2D eigenvalue weighted by Gasteiger charge is 2.50. The molecule has 1 N–H and O–H groups in total. The SMILES string of the molecule is Cn1nnnc1Sc1cc(CO[Si](c2ccccc2)(c2ccccc2)C(C)(C)C)c([N+](=O)[O-])cc1C(=O)O. The van der Waals surface area contributed by atoms with Gasteiger partial charge in [-0.1, -0.05) is 81.4 Å². The maximum absolute atomic E-state index is 12.1. The molecule has 0 saturated heterocycles. The van der Waals surface area contributed by atoms with Gasteiger partial charge < -0.3 is 9.53 Å². The zero-order valence-corrected chi connectivity index (χ0v) is 23.2. The van der Waals surface area contributed by atoms with E-state index >= 15 is 0 Å². The van der Waals surface area contributed by atoms with E-state index in [-0.39, 0.29) is 33.4 Å². The van der Waals surface area contributed by atoms with E-state index in [0.717, 1.165) is 28.2 Å². The van der Waals surface area contributed by atoms with E-state index in [9.17, 15) is 20.0 Å². The third-order valence-corrected chi connectivity index (χ3v) is 12.3. The lowest BCUT2D eigenvalue weighted by Gasteiger charge is -2.43. The first-order chi connectivity index (χ1) is 18.0. The van der Waals surface area contributed by atoms with Gasteiger partial charge in [-0.2, -0.15) is 0 Å². The lowest BCUT2D eigenvalue weighted by molar-refractivity contribution is -0.385. The van der Waals surface area contributed by atoms with Crippen molar-refractivity contribution in [2.24, 2.45) is 7.05 Å². The van der Waals surface area contributed by atoms with E-state index in [1.807, 2.05) is 60.7 Å². The standard InChI is InChI=1S/C26H27N5O5SSi/c1-26(2,3)38(19-11-7-5-8-12-19,20-13-9-6-10-14-20)36-17-18-15-23(37-25-27-28-29-30(25)4)21(24(32)33)16-22(18)31(34)35/h5-16H,17H2,1-4H3,(H,32,33). The van der Waals surface area contributed by atoms with Gasteiger partial charge in [-0.3, -0.25) is 10.1 Å². The van der Waals surface area contributed by atoms with Gasteiger partial charge in [-0.15, -0.1) is 5.10 Å². The highest BCUT2D eigenvalue weighted by molar-refractivity contribution is 7.99. The number of tetrazole rings is 1. The number of aromatic carboxylic acids is 1. The summed E-state index contributed by atoms with van der Waals surface area (Å²) in [5.74, 6) is -1.29. The number of hydrogen-bond donors (Lipinski definition) is 1. The van der Waals surface area contributed by atoms with E-state index in [1.54, 1.807) is 7.05 Å². The lowest BCUT2D eigenvalue weighted by Crippen LogP contribution is -2.66. The number of carbonyl (C=O) groups is 1. The van der Waals surface area contributed by atoms with Crippen LogP contribution in [0.25, 0.3) is 0 Å². The van der Waals surface area contributed by atoms with E-state index in [0.29, 0.717) is 5.16 Å². The second kappa shape index (κ2) is 10.9. The lowest BCUT2D eigenvalue weighted by atomic mass is 10.1. The summed E-state index contributed by atoms with van der Waals surface area (Å²) in [6, 6.07) is 22.5. The smallest absolute Gasteiger partial charge is 0.337 e. The van der Waals surface area contributed by atoms with Gasteiger partial charge >= 0.3 is 5.97 Å². The van der Waals surface area contributed by atoms with Crippen molar-refractivity contribution >= 4 is 42.1 Å². The van der Waals surface area contributed by atoms with Gasteiger partial charge in [0.05, 0.1) is 22.7 Å². The Hall–Kier alpha value is -3.87. The Morgan fingerprint density at radius 2 is 1.66 bits per heavy atom. The van der Waals surface area contributed by atoms with Crippen molar-refractivity contribution in [1.82, 2.24) is 20.2 Å². The Labute approximate surface area is 224 Å². The Morgan fingerprint density at radius 3 is 2.11 bits per heavy atom. The third-order valence-electron chi connectivity index (χ3n) is 6.25. The largest absolute Gasteiger partial charge is 0.478 e. The van der Waals surface area contributed by atoms with Crippen molar-refractivity contribution in [1.29, 1.82) is 0 Å². The fourth-order valence-electron chi connectivity index (χ4n) is 4.50. The van der Waals surface area contributed by atoms with Gasteiger partial charge in [0, 0.05) is 18.0 Å². The fourth-order valence-corrected chi connectivity index (χ4v) is 9.93. The van der Waals surface area contributed by atoms with Crippen LogP contribution < -0.4 is 10.4 Å². The van der Waals surface area contributed by atoms with Gasteiger partial charge in [-0.05, 0) is 43.7 Å². The van der Waals surface area contributed by atoms with Crippen LogP contribution in [0.1, 0.15) is 36.7 Å². The second-order valence-electron chi connectivity index (χ2n) is 9.68. The number of aromatic nitrogens is 4. The van der Waals surface area contributed by atoms with Crippen molar-refractivity contribution in [3.05, 3.63) is 94.0 Å². The minimum Gasteiger partial charge on any atom is -0.478 e. The summed E-state index contributed by atoms with van der Waals surface area (Å²) in [5.41, 5.74) is -0.259. The maximum atomic E-state index is 12.1. The molecule has 10 nitrogen and oxygen atoms in total. The number of nitro groups is 1. The first-order valence-corrected chi connectivity index (χ1v) is 14.5. The molecule has 1 heterocycles. The Morgan fingerprint density at radius 1 is 1.08 bits per heavy atom.